The standard InChI is InChI=1S/C24H31N3O3/c1-4-5-15-30-21-11-8-19(9-12-21)25-24(29)26-20-10-13-22-18(16-20)7-6-14-27(22)23(28)17(2)3/h8-13,16-17H,4-7,14-15H2,1-3H3,(H2,25,26,29). The summed E-state index contributed by atoms with van der Waals surface area (Å²) in [6.45, 7) is 7.40. The topological polar surface area (TPSA) is 70.7 Å². The number of nitrogens with one attached hydrogen (secondary N) is 2. The summed E-state index contributed by atoms with van der Waals surface area (Å²) in [7, 11) is 0. The largest absolute Gasteiger partial charge is 0.494 e. The summed E-state index contributed by atoms with van der Waals surface area (Å²) in [5.74, 6) is 0.893. The van der Waals surface area contributed by atoms with Gasteiger partial charge in [0, 0.05) is 29.5 Å². The predicted octanol–water partition coefficient (Wildman–Crippen LogP) is 5.44. The Morgan fingerprint density at radius 3 is 2.47 bits per heavy atom. The van der Waals surface area contributed by atoms with E-state index in [0.717, 1.165) is 49.2 Å². The van der Waals surface area contributed by atoms with Gasteiger partial charge in [-0.2, -0.15) is 0 Å². The number of benzene rings is 2. The molecule has 0 saturated heterocycles. The van der Waals surface area contributed by atoms with E-state index in [1.54, 1.807) is 0 Å². The molecule has 1 aliphatic heterocycles. The molecule has 0 spiro atoms. The number of hydrogen-bond donors (Lipinski definition) is 2. The van der Waals surface area contributed by atoms with E-state index < -0.39 is 0 Å². The van der Waals surface area contributed by atoms with Crippen molar-refractivity contribution in [3.63, 3.8) is 0 Å². The van der Waals surface area contributed by atoms with Crippen LogP contribution < -0.4 is 20.3 Å². The molecule has 160 valence electrons. The second-order valence-electron chi connectivity index (χ2n) is 7.90. The van der Waals surface area contributed by atoms with Gasteiger partial charge in [0.2, 0.25) is 5.91 Å². The number of nitrogens with zero attached hydrogens (tertiary/aromatic N) is 1. The van der Waals surface area contributed by atoms with E-state index in [0.29, 0.717) is 18.0 Å². The number of anilines is 3. The number of amides is 3. The highest BCUT2D eigenvalue weighted by Gasteiger charge is 2.24. The van der Waals surface area contributed by atoms with Crippen molar-refractivity contribution < 1.29 is 14.3 Å². The number of urea groups is 1. The van der Waals surface area contributed by atoms with Gasteiger partial charge in [-0.25, -0.2) is 4.79 Å². The molecule has 0 atom stereocenters. The van der Waals surface area contributed by atoms with E-state index in [4.69, 9.17) is 4.74 Å². The van der Waals surface area contributed by atoms with Crippen molar-refractivity contribution in [2.45, 2.75) is 46.5 Å². The molecule has 1 heterocycles. The van der Waals surface area contributed by atoms with Crippen LogP contribution in [0.15, 0.2) is 42.5 Å². The van der Waals surface area contributed by atoms with Gasteiger partial charge in [-0.3, -0.25) is 4.79 Å². The number of ether oxygens (including phenoxy) is 1. The van der Waals surface area contributed by atoms with Crippen LogP contribution in [0, 0.1) is 5.92 Å². The Morgan fingerprint density at radius 1 is 1.07 bits per heavy atom. The molecule has 0 fully saturated rings. The van der Waals surface area contributed by atoms with Crippen LogP contribution in [0.25, 0.3) is 0 Å². The van der Waals surface area contributed by atoms with Gasteiger partial charge in [0.15, 0.2) is 0 Å². The Labute approximate surface area is 178 Å². The third-order valence-electron chi connectivity index (χ3n) is 5.09. The fourth-order valence-corrected chi connectivity index (χ4v) is 3.48. The molecule has 0 aromatic heterocycles. The maximum Gasteiger partial charge on any atom is 0.323 e. The molecule has 0 bridgehead atoms. The number of hydrogen-bond acceptors (Lipinski definition) is 3. The third kappa shape index (κ3) is 5.53. The summed E-state index contributed by atoms with van der Waals surface area (Å²) in [5, 5.41) is 5.72. The van der Waals surface area contributed by atoms with Crippen LogP contribution in [-0.2, 0) is 11.2 Å². The summed E-state index contributed by atoms with van der Waals surface area (Å²) < 4.78 is 5.64. The maximum absolute atomic E-state index is 12.5. The summed E-state index contributed by atoms with van der Waals surface area (Å²) in [4.78, 5) is 26.7. The van der Waals surface area contributed by atoms with Crippen molar-refractivity contribution in [3.05, 3.63) is 48.0 Å². The number of unbranched alkanes of at least 4 members (excludes halogenated alkanes) is 1. The summed E-state index contributed by atoms with van der Waals surface area (Å²) >= 11 is 0. The van der Waals surface area contributed by atoms with Crippen LogP contribution in [0.5, 0.6) is 5.75 Å². The Morgan fingerprint density at radius 2 is 1.77 bits per heavy atom. The summed E-state index contributed by atoms with van der Waals surface area (Å²) in [6, 6.07) is 12.8. The van der Waals surface area contributed by atoms with E-state index >= 15 is 0 Å². The molecule has 0 unspecified atom stereocenters. The highest BCUT2D eigenvalue weighted by atomic mass is 16.5. The van der Waals surface area contributed by atoms with Crippen molar-refractivity contribution in [2.75, 3.05) is 28.7 Å². The van der Waals surface area contributed by atoms with Crippen molar-refractivity contribution in [1.82, 2.24) is 0 Å². The Hall–Kier alpha value is -3.02. The van der Waals surface area contributed by atoms with Crippen LogP contribution in [0.4, 0.5) is 21.9 Å². The van der Waals surface area contributed by atoms with E-state index in [1.807, 2.05) is 61.2 Å². The monoisotopic (exact) mass is 409 g/mol. The lowest BCUT2D eigenvalue weighted by Crippen LogP contribution is -2.38. The molecule has 2 aromatic rings. The Bertz CT molecular complexity index is 878. The zero-order chi connectivity index (χ0) is 21.5. The van der Waals surface area contributed by atoms with Gasteiger partial charge in [-0.05, 0) is 67.3 Å². The van der Waals surface area contributed by atoms with Crippen LogP contribution in [0.2, 0.25) is 0 Å². The van der Waals surface area contributed by atoms with E-state index in [2.05, 4.69) is 17.6 Å². The van der Waals surface area contributed by atoms with Crippen LogP contribution in [0.3, 0.4) is 0 Å². The lowest BCUT2D eigenvalue weighted by atomic mass is 9.99. The molecule has 0 radical (unpaired) electrons. The van der Waals surface area contributed by atoms with E-state index in [-0.39, 0.29) is 17.9 Å². The van der Waals surface area contributed by atoms with E-state index in [9.17, 15) is 9.59 Å². The summed E-state index contributed by atoms with van der Waals surface area (Å²) in [6.07, 6.45) is 3.93. The molecule has 3 rings (SSSR count). The number of carbonyl (C=O) groups is 2. The predicted molar refractivity (Wildman–Crippen MR) is 121 cm³/mol. The van der Waals surface area contributed by atoms with Crippen molar-refractivity contribution >= 4 is 29.0 Å². The first kappa shape index (κ1) is 21.7. The fraction of sp³-hybridized carbons (Fsp3) is 0.417. The molecular weight excluding hydrogens is 378 g/mol. The second kappa shape index (κ2) is 10.1. The maximum atomic E-state index is 12.5. The first-order chi connectivity index (χ1) is 14.5. The SMILES string of the molecule is CCCCOc1ccc(NC(=O)Nc2ccc3c(c2)CCCN3C(=O)C(C)C)cc1. The number of aryl methyl sites for hydroxylation is 1. The Kier molecular flexibility index (Phi) is 7.33. The quantitative estimate of drug-likeness (QED) is 0.598. The summed E-state index contributed by atoms with van der Waals surface area (Å²) in [5.41, 5.74) is 3.44. The minimum Gasteiger partial charge on any atom is -0.494 e. The van der Waals surface area contributed by atoms with Gasteiger partial charge in [-0.15, -0.1) is 0 Å². The number of fused-ring (bicyclic) bond motifs is 1. The minimum atomic E-state index is -0.305. The molecule has 3 amide bonds. The molecule has 1 aliphatic rings. The smallest absolute Gasteiger partial charge is 0.323 e. The van der Waals surface area contributed by atoms with Crippen LogP contribution >= 0.6 is 0 Å². The highest BCUT2D eigenvalue weighted by Crippen LogP contribution is 2.30. The van der Waals surface area contributed by atoms with Crippen LogP contribution in [-0.4, -0.2) is 25.1 Å². The van der Waals surface area contributed by atoms with Gasteiger partial charge < -0.3 is 20.3 Å². The highest BCUT2D eigenvalue weighted by molar-refractivity contribution is 6.00. The van der Waals surface area contributed by atoms with Crippen molar-refractivity contribution in [2.24, 2.45) is 5.92 Å². The first-order valence-corrected chi connectivity index (χ1v) is 10.7. The molecule has 6 nitrogen and oxygen atoms in total. The van der Waals surface area contributed by atoms with Gasteiger partial charge in [-0.1, -0.05) is 27.2 Å². The zero-order valence-corrected chi connectivity index (χ0v) is 18.0. The minimum absolute atomic E-state index is 0.0389. The molecule has 2 N–H and O–H groups in total. The lowest BCUT2D eigenvalue weighted by molar-refractivity contribution is -0.121. The van der Waals surface area contributed by atoms with Crippen molar-refractivity contribution in [1.29, 1.82) is 0 Å². The van der Waals surface area contributed by atoms with Crippen LogP contribution in [0.1, 0.15) is 45.6 Å². The van der Waals surface area contributed by atoms with Gasteiger partial charge in [0.1, 0.15) is 5.75 Å². The normalized spacial score (nSPS) is 13.0. The zero-order valence-electron chi connectivity index (χ0n) is 18.0. The second-order valence-corrected chi connectivity index (χ2v) is 7.90. The fourth-order valence-electron chi connectivity index (χ4n) is 3.48. The average molecular weight is 410 g/mol. The Balaban J connectivity index is 1.60. The molecule has 2 aromatic carbocycles. The third-order valence-corrected chi connectivity index (χ3v) is 5.09. The van der Waals surface area contributed by atoms with Gasteiger partial charge in [0.25, 0.3) is 0 Å². The molecule has 6 heteroatoms. The van der Waals surface area contributed by atoms with Crippen molar-refractivity contribution in [3.8, 4) is 5.75 Å². The molecule has 30 heavy (non-hydrogen) atoms. The van der Waals surface area contributed by atoms with Gasteiger partial charge >= 0.3 is 6.03 Å². The molecular formula is C24H31N3O3. The molecule has 0 saturated carbocycles. The van der Waals surface area contributed by atoms with Gasteiger partial charge in [0.05, 0.1) is 6.61 Å². The first-order valence-electron chi connectivity index (χ1n) is 10.7. The molecule has 0 aliphatic carbocycles. The lowest BCUT2D eigenvalue weighted by Gasteiger charge is -2.31. The average Bonchev–Trinajstić information content (AvgIpc) is 2.74. The number of rotatable bonds is 7. The van der Waals surface area contributed by atoms with E-state index in [1.165, 1.54) is 0 Å². The number of carbonyl (C=O) groups excluding carboxylic acids is 2.